The maximum absolute atomic E-state index is 11.1. The van der Waals surface area contributed by atoms with E-state index in [1.165, 1.54) is 6.92 Å². The summed E-state index contributed by atoms with van der Waals surface area (Å²) in [5, 5.41) is 27.1. The van der Waals surface area contributed by atoms with E-state index in [9.17, 15) is 9.90 Å². The highest BCUT2D eigenvalue weighted by Gasteiger charge is 2.13. The van der Waals surface area contributed by atoms with Gasteiger partial charge in [-0.15, -0.1) is 0 Å². The third kappa shape index (κ3) is 7.87. The van der Waals surface area contributed by atoms with Gasteiger partial charge in [0.05, 0.1) is 13.2 Å². The minimum Gasteiger partial charge on any atom is -0.460 e. The van der Waals surface area contributed by atoms with Crippen LogP contribution in [0.2, 0.25) is 0 Å². The first-order valence-electron chi connectivity index (χ1n) is 5.46. The Labute approximate surface area is 101 Å². The van der Waals surface area contributed by atoms with Crippen LogP contribution in [0.5, 0.6) is 0 Å². The molecule has 0 aliphatic carbocycles. The highest BCUT2D eigenvalue weighted by molar-refractivity contribution is 5.86. The van der Waals surface area contributed by atoms with Crippen molar-refractivity contribution in [2.75, 3.05) is 39.5 Å². The molecule has 0 aliphatic rings. The molecule has 0 rings (SSSR count). The normalized spacial score (nSPS) is 12.5. The van der Waals surface area contributed by atoms with Gasteiger partial charge in [-0.2, -0.15) is 0 Å². The predicted molar refractivity (Wildman–Crippen MR) is 62.4 cm³/mol. The monoisotopic (exact) mass is 247 g/mol. The number of esters is 1. The third-order valence-corrected chi connectivity index (χ3v) is 2.06. The van der Waals surface area contributed by atoms with Crippen LogP contribution in [0.1, 0.15) is 6.92 Å². The zero-order valence-corrected chi connectivity index (χ0v) is 10.1. The standard InChI is InChI=1S/C11H21NO5/c1-9(2)11(16)17-8-10(15)7-12(3-5-13)4-6-14/h10,13-15H,1,3-8H2,2H3. The maximum Gasteiger partial charge on any atom is 0.333 e. The Hall–Kier alpha value is -0.950. The summed E-state index contributed by atoms with van der Waals surface area (Å²) >= 11 is 0. The van der Waals surface area contributed by atoms with Crippen LogP contribution in [0.4, 0.5) is 0 Å². The molecule has 0 fully saturated rings. The first-order valence-corrected chi connectivity index (χ1v) is 5.46. The van der Waals surface area contributed by atoms with E-state index in [2.05, 4.69) is 6.58 Å². The van der Waals surface area contributed by atoms with Crippen LogP contribution < -0.4 is 0 Å². The van der Waals surface area contributed by atoms with E-state index in [0.29, 0.717) is 13.1 Å². The number of nitrogens with zero attached hydrogens (tertiary/aromatic N) is 1. The summed E-state index contributed by atoms with van der Waals surface area (Å²) in [6, 6.07) is 0. The fourth-order valence-electron chi connectivity index (χ4n) is 1.22. The molecule has 3 N–H and O–H groups in total. The van der Waals surface area contributed by atoms with Crippen molar-refractivity contribution in [3.05, 3.63) is 12.2 Å². The van der Waals surface area contributed by atoms with Crippen molar-refractivity contribution < 1.29 is 24.9 Å². The van der Waals surface area contributed by atoms with Gasteiger partial charge in [-0.25, -0.2) is 4.79 Å². The first-order chi connectivity index (χ1) is 8.01. The Morgan fingerprint density at radius 2 is 1.88 bits per heavy atom. The quantitative estimate of drug-likeness (QED) is 0.348. The molecule has 6 nitrogen and oxygen atoms in total. The minimum atomic E-state index is -0.851. The Kier molecular flexibility index (Phi) is 8.61. The lowest BCUT2D eigenvalue weighted by Crippen LogP contribution is -2.38. The second-order valence-electron chi connectivity index (χ2n) is 3.78. The fourth-order valence-corrected chi connectivity index (χ4v) is 1.22. The molecule has 1 atom stereocenters. The largest absolute Gasteiger partial charge is 0.460 e. The number of rotatable bonds is 9. The van der Waals surface area contributed by atoms with Crippen LogP contribution in [0, 0.1) is 0 Å². The van der Waals surface area contributed by atoms with E-state index in [1.807, 2.05) is 0 Å². The van der Waals surface area contributed by atoms with Crippen molar-refractivity contribution in [1.82, 2.24) is 4.90 Å². The van der Waals surface area contributed by atoms with Crippen molar-refractivity contribution >= 4 is 5.97 Å². The Bertz CT molecular complexity index is 238. The molecule has 0 radical (unpaired) electrons. The van der Waals surface area contributed by atoms with Crippen LogP contribution >= 0.6 is 0 Å². The van der Waals surface area contributed by atoms with Crippen LogP contribution in [-0.2, 0) is 9.53 Å². The lowest BCUT2D eigenvalue weighted by molar-refractivity contribution is -0.142. The molecule has 17 heavy (non-hydrogen) atoms. The van der Waals surface area contributed by atoms with E-state index in [-0.39, 0.29) is 31.9 Å². The molecule has 0 saturated heterocycles. The minimum absolute atomic E-state index is 0.0573. The predicted octanol–water partition coefficient (Wildman–Crippen LogP) is -1.25. The number of carbonyl (C=O) groups is 1. The maximum atomic E-state index is 11.1. The molecule has 0 bridgehead atoms. The Morgan fingerprint density at radius 1 is 1.35 bits per heavy atom. The van der Waals surface area contributed by atoms with Crippen molar-refractivity contribution in [2.24, 2.45) is 0 Å². The highest BCUT2D eigenvalue weighted by Crippen LogP contribution is 1.97. The molecule has 100 valence electrons. The van der Waals surface area contributed by atoms with E-state index in [1.54, 1.807) is 4.90 Å². The van der Waals surface area contributed by atoms with Gasteiger partial charge in [0.15, 0.2) is 0 Å². The average molecular weight is 247 g/mol. The van der Waals surface area contributed by atoms with Gasteiger partial charge in [-0.1, -0.05) is 6.58 Å². The third-order valence-electron chi connectivity index (χ3n) is 2.06. The summed E-state index contributed by atoms with van der Waals surface area (Å²) < 4.78 is 4.78. The second kappa shape index (κ2) is 9.12. The van der Waals surface area contributed by atoms with E-state index in [0.717, 1.165) is 0 Å². The van der Waals surface area contributed by atoms with Gasteiger partial charge in [-0.05, 0) is 6.92 Å². The molecule has 6 heteroatoms. The Morgan fingerprint density at radius 3 is 2.29 bits per heavy atom. The summed E-state index contributed by atoms with van der Waals surface area (Å²) in [6.45, 7) is 5.64. The summed E-state index contributed by atoms with van der Waals surface area (Å²) in [7, 11) is 0. The van der Waals surface area contributed by atoms with Crippen molar-refractivity contribution in [2.45, 2.75) is 13.0 Å². The number of hydrogen-bond donors (Lipinski definition) is 3. The van der Waals surface area contributed by atoms with Gasteiger partial charge in [0.2, 0.25) is 0 Å². The molecule has 0 spiro atoms. The zero-order chi connectivity index (χ0) is 13.3. The van der Waals surface area contributed by atoms with Gasteiger partial charge in [0.1, 0.15) is 12.7 Å². The van der Waals surface area contributed by atoms with Gasteiger partial charge in [-0.3, -0.25) is 4.90 Å². The molecular formula is C11H21NO5. The van der Waals surface area contributed by atoms with E-state index < -0.39 is 12.1 Å². The molecule has 0 saturated carbocycles. The van der Waals surface area contributed by atoms with Crippen LogP contribution in [0.15, 0.2) is 12.2 Å². The Balaban J connectivity index is 3.92. The van der Waals surface area contributed by atoms with Crippen molar-refractivity contribution in [3.8, 4) is 0 Å². The SMILES string of the molecule is C=C(C)C(=O)OCC(O)CN(CCO)CCO. The van der Waals surface area contributed by atoms with Crippen molar-refractivity contribution in [3.63, 3.8) is 0 Å². The number of ether oxygens (including phenoxy) is 1. The average Bonchev–Trinajstić information content (AvgIpc) is 2.26. The summed E-state index contributed by atoms with van der Waals surface area (Å²) in [5.74, 6) is -0.542. The van der Waals surface area contributed by atoms with Gasteiger partial charge < -0.3 is 20.1 Å². The van der Waals surface area contributed by atoms with Gasteiger partial charge in [0.25, 0.3) is 0 Å². The molecular weight excluding hydrogens is 226 g/mol. The number of aliphatic hydroxyl groups is 3. The number of carbonyl (C=O) groups excluding carboxylic acids is 1. The molecule has 0 aliphatic heterocycles. The topological polar surface area (TPSA) is 90.2 Å². The first kappa shape index (κ1) is 16.1. The smallest absolute Gasteiger partial charge is 0.333 e. The molecule has 0 aromatic rings. The number of hydrogen-bond acceptors (Lipinski definition) is 6. The van der Waals surface area contributed by atoms with Crippen LogP contribution in [-0.4, -0.2) is 71.7 Å². The van der Waals surface area contributed by atoms with Gasteiger partial charge in [0, 0.05) is 25.2 Å². The highest BCUT2D eigenvalue weighted by atomic mass is 16.5. The summed E-state index contributed by atoms with van der Waals surface area (Å²) in [5.41, 5.74) is 0.278. The van der Waals surface area contributed by atoms with E-state index >= 15 is 0 Å². The molecule has 1 unspecified atom stereocenters. The van der Waals surface area contributed by atoms with Gasteiger partial charge >= 0.3 is 5.97 Å². The molecule has 0 amide bonds. The molecule has 0 aromatic carbocycles. The van der Waals surface area contributed by atoms with E-state index in [4.69, 9.17) is 14.9 Å². The number of aliphatic hydroxyl groups excluding tert-OH is 3. The zero-order valence-electron chi connectivity index (χ0n) is 10.1. The lowest BCUT2D eigenvalue weighted by atomic mass is 10.3. The van der Waals surface area contributed by atoms with Crippen LogP contribution in [0.25, 0.3) is 0 Å². The molecule has 0 aromatic heterocycles. The molecule has 0 heterocycles. The second-order valence-corrected chi connectivity index (χ2v) is 3.78. The van der Waals surface area contributed by atoms with Crippen LogP contribution in [0.3, 0.4) is 0 Å². The summed E-state index contributed by atoms with van der Waals surface area (Å²) in [4.78, 5) is 12.7. The van der Waals surface area contributed by atoms with Crippen molar-refractivity contribution in [1.29, 1.82) is 0 Å². The fraction of sp³-hybridized carbons (Fsp3) is 0.727. The summed E-state index contributed by atoms with van der Waals surface area (Å²) in [6.07, 6.45) is -0.851. The lowest BCUT2D eigenvalue weighted by Gasteiger charge is -2.23.